The van der Waals surface area contributed by atoms with Gasteiger partial charge in [-0.1, -0.05) is 25.7 Å². The lowest BCUT2D eigenvalue weighted by atomic mass is 10.1. The standard InChI is InChI=1S/C11H16N2/c1-5-8-9-10(6-2)12-13(4)11(9)7-3/h5,7-8H,3,6H2,1-2,4H3/b8-5-. The van der Waals surface area contributed by atoms with E-state index in [-0.39, 0.29) is 0 Å². The second-order valence-electron chi connectivity index (χ2n) is 2.93. The van der Waals surface area contributed by atoms with Crippen LogP contribution in [-0.2, 0) is 13.5 Å². The Labute approximate surface area is 79.6 Å². The molecule has 1 rings (SSSR count). The number of allylic oxidation sites excluding steroid dienone is 1. The summed E-state index contributed by atoms with van der Waals surface area (Å²) in [6.07, 6.45) is 6.93. The van der Waals surface area contributed by atoms with E-state index in [0.717, 1.165) is 17.8 Å². The smallest absolute Gasteiger partial charge is 0.0700 e. The van der Waals surface area contributed by atoms with Crippen LogP contribution in [0.5, 0.6) is 0 Å². The van der Waals surface area contributed by atoms with Crippen LogP contribution in [0.2, 0.25) is 0 Å². The molecule has 0 atom stereocenters. The number of nitrogens with zero attached hydrogens (tertiary/aromatic N) is 2. The van der Waals surface area contributed by atoms with E-state index < -0.39 is 0 Å². The second kappa shape index (κ2) is 4.08. The molecule has 0 aliphatic heterocycles. The molecule has 0 aliphatic rings. The van der Waals surface area contributed by atoms with E-state index in [0.29, 0.717) is 0 Å². The number of hydrogen-bond acceptors (Lipinski definition) is 1. The van der Waals surface area contributed by atoms with Crippen molar-refractivity contribution in [2.75, 3.05) is 0 Å². The van der Waals surface area contributed by atoms with Gasteiger partial charge in [0.2, 0.25) is 0 Å². The van der Waals surface area contributed by atoms with Crippen molar-refractivity contribution in [2.24, 2.45) is 7.05 Å². The van der Waals surface area contributed by atoms with E-state index in [1.54, 1.807) is 0 Å². The average molecular weight is 176 g/mol. The van der Waals surface area contributed by atoms with E-state index >= 15 is 0 Å². The first-order valence-corrected chi connectivity index (χ1v) is 4.55. The molecule has 0 N–H and O–H groups in total. The van der Waals surface area contributed by atoms with E-state index in [1.165, 1.54) is 5.56 Å². The molecule has 1 heterocycles. The summed E-state index contributed by atoms with van der Waals surface area (Å²) in [5, 5.41) is 4.41. The molecule has 0 saturated heterocycles. The highest BCUT2D eigenvalue weighted by Crippen LogP contribution is 2.17. The van der Waals surface area contributed by atoms with E-state index in [9.17, 15) is 0 Å². The molecule has 0 fully saturated rings. The molecule has 13 heavy (non-hydrogen) atoms. The molecular formula is C11H16N2. The molecule has 0 aromatic carbocycles. The SMILES string of the molecule is C=Cc1c(/C=C\C)c(CC)nn1C. The Hall–Kier alpha value is -1.31. The van der Waals surface area contributed by atoms with Gasteiger partial charge in [-0.15, -0.1) is 0 Å². The van der Waals surface area contributed by atoms with Gasteiger partial charge in [0.05, 0.1) is 11.4 Å². The van der Waals surface area contributed by atoms with Crippen LogP contribution in [0.4, 0.5) is 0 Å². The van der Waals surface area contributed by atoms with E-state index in [2.05, 4.69) is 24.7 Å². The highest BCUT2D eigenvalue weighted by molar-refractivity contribution is 5.63. The van der Waals surface area contributed by atoms with Crippen molar-refractivity contribution >= 4 is 12.2 Å². The first kappa shape index (κ1) is 9.78. The average Bonchev–Trinajstić information content (AvgIpc) is 2.43. The summed E-state index contributed by atoms with van der Waals surface area (Å²) in [7, 11) is 1.95. The summed E-state index contributed by atoms with van der Waals surface area (Å²) in [5.74, 6) is 0. The maximum absolute atomic E-state index is 4.41. The van der Waals surface area contributed by atoms with E-state index in [4.69, 9.17) is 0 Å². The van der Waals surface area contributed by atoms with Gasteiger partial charge in [0.25, 0.3) is 0 Å². The Morgan fingerprint density at radius 1 is 1.54 bits per heavy atom. The van der Waals surface area contributed by atoms with Gasteiger partial charge in [-0.3, -0.25) is 4.68 Å². The van der Waals surface area contributed by atoms with Crippen molar-refractivity contribution in [2.45, 2.75) is 20.3 Å². The Balaban J connectivity index is 3.31. The van der Waals surface area contributed by atoms with Crippen molar-refractivity contribution in [1.29, 1.82) is 0 Å². The third-order valence-corrected chi connectivity index (χ3v) is 2.07. The molecule has 2 heteroatoms. The molecule has 0 amide bonds. The lowest BCUT2D eigenvalue weighted by Gasteiger charge is -1.95. The molecule has 0 saturated carbocycles. The first-order valence-electron chi connectivity index (χ1n) is 4.55. The molecule has 2 nitrogen and oxygen atoms in total. The van der Waals surface area contributed by atoms with Crippen molar-refractivity contribution in [1.82, 2.24) is 9.78 Å². The fraction of sp³-hybridized carbons (Fsp3) is 0.364. The molecule has 0 radical (unpaired) electrons. The van der Waals surface area contributed by atoms with Crippen LogP contribution in [0.1, 0.15) is 30.8 Å². The predicted octanol–water partition coefficient (Wildman–Crippen LogP) is 2.66. The highest BCUT2D eigenvalue weighted by atomic mass is 15.3. The van der Waals surface area contributed by atoms with Gasteiger partial charge in [0.15, 0.2) is 0 Å². The zero-order chi connectivity index (χ0) is 9.84. The third kappa shape index (κ3) is 1.72. The van der Waals surface area contributed by atoms with Gasteiger partial charge in [-0.05, 0) is 19.4 Å². The van der Waals surface area contributed by atoms with Crippen molar-refractivity contribution in [3.8, 4) is 0 Å². The van der Waals surface area contributed by atoms with Gasteiger partial charge < -0.3 is 0 Å². The summed E-state index contributed by atoms with van der Waals surface area (Å²) in [6.45, 7) is 7.91. The van der Waals surface area contributed by atoms with E-state index in [1.807, 2.05) is 30.8 Å². The minimum absolute atomic E-state index is 0.960. The van der Waals surface area contributed by atoms with Gasteiger partial charge in [0, 0.05) is 12.6 Å². The maximum atomic E-state index is 4.41. The van der Waals surface area contributed by atoms with Crippen LogP contribution in [0.3, 0.4) is 0 Å². The van der Waals surface area contributed by atoms with Gasteiger partial charge in [-0.25, -0.2) is 0 Å². The quantitative estimate of drug-likeness (QED) is 0.692. The topological polar surface area (TPSA) is 17.8 Å². The number of hydrogen-bond donors (Lipinski definition) is 0. The zero-order valence-electron chi connectivity index (χ0n) is 8.54. The zero-order valence-corrected chi connectivity index (χ0v) is 8.54. The van der Waals surface area contributed by atoms with Crippen LogP contribution in [-0.4, -0.2) is 9.78 Å². The first-order chi connectivity index (χ1) is 6.24. The summed E-state index contributed by atoms with van der Waals surface area (Å²) >= 11 is 0. The number of aryl methyl sites for hydroxylation is 2. The van der Waals surface area contributed by atoms with Crippen LogP contribution in [0, 0.1) is 0 Å². The molecule has 0 aliphatic carbocycles. The molecule has 70 valence electrons. The molecule has 1 aromatic rings. The maximum Gasteiger partial charge on any atom is 0.0700 e. The Kier molecular flexibility index (Phi) is 3.07. The fourth-order valence-electron chi connectivity index (χ4n) is 1.46. The van der Waals surface area contributed by atoms with Gasteiger partial charge in [0.1, 0.15) is 0 Å². The second-order valence-corrected chi connectivity index (χ2v) is 2.93. The minimum Gasteiger partial charge on any atom is -0.268 e. The highest BCUT2D eigenvalue weighted by Gasteiger charge is 2.08. The molecule has 0 bridgehead atoms. The molecule has 0 spiro atoms. The van der Waals surface area contributed by atoms with Crippen LogP contribution < -0.4 is 0 Å². The summed E-state index contributed by atoms with van der Waals surface area (Å²) < 4.78 is 1.88. The predicted molar refractivity (Wildman–Crippen MR) is 57.4 cm³/mol. The third-order valence-electron chi connectivity index (χ3n) is 2.07. The minimum atomic E-state index is 0.960. The van der Waals surface area contributed by atoms with Crippen molar-refractivity contribution in [3.05, 3.63) is 29.6 Å². The van der Waals surface area contributed by atoms with Crippen molar-refractivity contribution < 1.29 is 0 Å². The van der Waals surface area contributed by atoms with Crippen LogP contribution >= 0.6 is 0 Å². The summed E-state index contributed by atoms with van der Waals surface area (Å²) in [4.78, 5) is 0. The Morgan fingerprint density at radius 2 is 2.23 bits per heavy atom. The van der Waals surface area contributed by atoms with Crippen molar-refractivity contribution in [3.63, 3.8) is 0 Å². The summed E-state index contributed by atoms with van der Waals surface area (Å²) in [6, 6.07) is 0. The summed E-state index contributed by atoms with van der Waals surface area (Å²) in [5.41, 5.74) is 3.42. The monoisotopic (exact) mass is 176 g/mol. The fourth-order valence-corrected chi connectivity index (χ4v) is 1.46. The Bertz CT molecular complexity index is 332. The normalized spacial score (nSPS) is 11.0. The molecular weight excluding hydrogens is 160 g/mol. The van der Waals surface area contributed by atoms with Gasteiger partial charge in [-0.2, -0.15) is 5.10 Å². The Morgan fingerprint density at radius 3 is 2.69 bits per heavy atom. The molecule has 0 unspecified atom stereocenters. The number of rotatable bonds is 3. The lowest BCUT2D eigenvalue weighted by molar-refractivity contribution is 0.739. The van der Waals surface area contributed by atoms with Crippen LogP contribution in [0.25, 0.3) is 12.2 Å². The van der Waals surface area contributed by atoms with Gasteiger partial charge >= 0.3 is 0 Å². The van der Waals surface area contributed by atoms with Crippen LogP contribution in [0.15, 0.2) is 12.7 Å². The number of aromatic nitrogens is 2. The largest absolute Gasteiger partial charge is 0.268 e. The lowest BCUT2D eigenvalue weighted by Crippen LogP contribution is -1.93. The molecule has 1 aromatic heterocycles.